The number of carbonyl (C=O) groups excluding carboxylic acids is 2. The molecule has 0 aromatic rings. The Kier molecular flexibility index (Phi) is 2.42. The summed E-state index contributed by atoms with van der Waals surface area (Å²) < 4.78 is 0. The van der Waals surface area contributed by atoms with Crippen molar-refractivity contribution < 1.29 is 9.59 Å². The summed E-state index contributed by atoms with van der Waals surface area (Å²) in [5, 5.41) is 0. The Bertz CT molecular complexity index is 174. The van der Waals surface area contributed by atoms with Gasteiger partial charge in [0, 0.05) is 17.8 Å². The Balaban J connectivity index is 2.61. The second kappa shape index (κ2) is 3.16. The van der Waals surface area contributed by atoms with Gasteiger partial charge in [0.25, 0.3) is 0 Å². The highest BCUT2D eigenvalue weighted by Gasteiger charge is 2.34. The molecule has 2 nitrogen and oxygen atoms in total. The SMILES string of the molecule is CC1CCC(C(C)C=O)C1=O. The zero-order valence-corrected chi connectivity index (χ0v) is 7.04. The fourth-order valence-corrected chi connectivity index (χ4v) is 1.70. The topological polar surface area (TPSA) is 34.1 Å². The molecule has 11 heavy (non-hydrogen) atoms. The van der Waals surface area contributed by atoms with Crippen LogP contribution in [0.4, 0.5) is 0 Å². The largest absolute Gasteiger partial charge is 0.303 e. The third kappa shape index (κ3) is 1.50. The molecule has 0 aromatic carbocycles. The molecule has 0 aliphatic heterocycles. The van der Waals surface area contributed by atoms with Gasteiger partial charge in [0.2, 0.25) is 0 Å². The first-order valence-corrected chi connectivity index (χ1v) is 4.16. The molecule has 2 heteroatoms. The molecule has 3 atom stereocenters. The number of aldehydes is 1. The Morgan fingerprint density at radius 2 is 2.18 bits per heavy atom. The van der Waals surface area contributed by atoms with Crippen molar-refractivity contribution in [3.8, 4) is 0 Å². The summed E-state index contributed by atoms with van der Waals surface area (Å²) in [5.41, 5.74) is 0. The van der Waals surface area contributed by atoms with Crippen molar-refractivity contribution in [2.45, 2.75) is 26.7 Å². The van der Waals surface area contributed by atoms with Crippen LogP contribution in [-0.4, -0.2) is 12.1 Å². The van der Waals surface area contributed by atoms with Gasteiger partial charge >= 0.3 is 0 Å². The first-order chi connectivity index (χ1) is 5.16. The van der Waals surface area contributed by atoms with E-state index in [4.69, 9.17) is 0 Å². The van der Waals surface area contributed by atoms with E-state index in [1.165, 1.54) is 0 Å². The lowest BCUT2D eigenvalue weighted by atomic mass is 9.92. The first kappa shape index (κ1) is 8.44. The van der Waals surface area contributed by atoms with Gasteiger partial charge in [-0.25, -0.2) is 0 Å². The summed E-state index contributed by atoms with van der Waals surface area (Å²) in [6.07, 6.45) is 2.75. The highest BCUT2D eigenvalue weighted by molar-refractivity contribution is 5.87. The third-order valence-electron chi connectivity index (χ3n) is 2.61. The highest BCUT2D eigenvalue weighted by Crippen LogP contribution is 2.31. The molecule has 1 saturated carbocycles. The molecule has 0 bridgehead atoms. The molecular formula is C9H14O2. The summed E-state index contributed by atoms with van der Waals surface area (Å²) in [4.78, 5) is 21.7. The van der Waals surface area contributed by atoms with Gasteiger partial charge in [-0.05, 0) is 12.8 Å². The van der Waals surface area contributed by atoms with Crippen LogP contribution in [0.15, 0.2) is 0 Å². The molecule has 0 aromatic heterocycles. The standard InChI is InChI=1S/C9H14O2/c1-6-3-4-8(9(6)11)7(2)5-10/h5-8H,3-4H2,1-2H3. The monoisotopic (exact) mass is 154 g/mol. The maximum atomic E-state index is 11.3. The number of rotatable bonds is 2. The van der Waals surface area contributed by atoms with Crippen LogP contribution in [0.1, 0.15) is 26.7 Å². The molecular weight excluding hydrogens is 140 g/mol. The molecule has 1 fully saturated rings. The first-order valence-electron chi connectivity index (χ1n) is 4.16. The van der Waals surface area contributed by atoms with Crippen LogP contribution in [0.3, 0.4) is 0 Å². The van der Waals surface area contributed by atoms with Crippen molar-refractivity contribution in [2.24, 2.45) is 17.8 Å². The minimum atomic E-state index is -0.0764. The van der Waals surface area contributed by atoms with Crippen LogP contribution in [0.5, 0.6) is 0 Å². The van der Waals surface area contributed by atoms with Crippen LogP contribution >= 0.6 is 0 Å². The van der Waals surface area contributed by atoms with E-state index >= 15 is 0 Å². The number of hydrogen-bond acceptors (Lipinski definition) is 2. The van der Waals surface area contributed by atoms with Crippen molar-refractivity contribution in [1.29, 1.82) is 0 Å². The smallest absolute Gasteiger partial charge is 0.139 e. The summed E-state index contributed by atoms with van der Waals surface area (Å²) in [5.74, 6) is 0.405. The average Bonchev–Trinajstić information content (AvgIpc) is 2.32. The Labute approximate surface area is 67.0 Å². The lowest BCUT2D eigenvalue weighted by Crippen LogP contribution is -2.19. The van der Waals surface area contributed by atoms with E-state index in [1.807, 2.05) is 13.8 Å². The number of Topliss-reactive ketones (excluding diaryl/α,β-unsaturated/α-hetero) is 1. The van der Waals surface area contributed by atoms with E-state index in [0.717, 1.165) is 19.1 Å². The van der Waals surface area contributed by atoms with E-state index in [9.17, 15) is 9.59 Å². The maximum Gasteiger partial charge on any atom is 0.139 e. The number of hydrogen-bond donors (Lipinski definition) is 0. The quantitative estimate of drug-likeness (QED) is 0.564. The van der Waals surface area contributed by atoms with Gasteiger partial charge in [-0.2, -0.15) is 0 Å². The highest BCUT2D eigenvalue weighted by atomic mass is 16.1. The van der Waals surface area contributed by atoms with Crippen molar-refractivity contribution in [3.05, 3.63) is 0 Å². The van der Waals surface area contributed by atoms with Gasteiger partial charge < -0.3 is 4.79 Å². The fraction of sp³-hybridized carbons (Fsp3) is 0.778. The van der Waals surface area contributed by atoms with Gasteiger partial charge in [0.05, 0.1) is 0 Å². The molecule has 0 heterocycles. The third-order valence-corrected chi connectivity index (χ3v) is 2.61. The van der Waals surface area contributed by atoms with Crippen LogP contribution in [-0.2, 0) is 9.59 Å². The van der Waals surface area contributed by atoms with E-state index in [-0.39, 0.29) is 23.5 Å². The van der Waals surface area contributed by atoms with Crippen molar-refractivity contribution in [3.63, 3.8) is 0 Å². The summed E-state index contributed by atoms with van der Waals surface area (Å²) in [7, 11) is 0. The second-order valence-electron chi connectivity index (χ2n) is 3.48. The molecule has 1 aliphatic carbocycles. The van der Waals surface area contributed by atoms with Crippen LogP contribution < -0.4 is 0 Å². The summed E-state index contributed by atoms with van der Waals surface area (Å²) in [6, 6.07) is 0. The molecule has 0 spiro atoms. The number of carbonyl (C=O) groups is 2. The van der Waals surface area contributed by atoms with Gasteiger partial charge in [-0.1, -0.05) is 13.8 Å². The predicted molar refractivity (Wildman–Crippen MR) is 42.1 cm³/mol. The van der Waals surface area contributed by atoms with E-state index < -0.39 is 0 Å². The summed E-state index contributed by atoms with van der Waals surface area (Å²) in [6.45, 7) is 3.77. The molecule has 0 N–H and O–H groups in total. The molecule has 0 radical (unpaired) electrons. The Morgan fingerprint density at radius 3 is 2.55 bits per heavy atom. The molecule has 3 unspecified atom stereocenters. The van der Waals surface area contributed by atoms with E-state index in [1.54, 1.807) is 0 Å². The summed E-state index contributed by atoms with van der Waals surface area (Å²) >= 11 is 0. The van der Waals surface area contributed by atoms with Gasteiger partial charge in [-0.3, -0.25) is 4.79 Å². The molecule has 1 rings (SSSR count). The lowest BCUT2D eigenvalue weighted by Gasteiger charge is -2.10. The van der Waals surface area contributed by atoms with Crippen molar-refractivity contribution in [1.82, 2.24) is 0 Å². The number of ketones is 1. The predicted octanol–water partition coefficient (Wildman–Crippen LogP) is 1.44. The second-order valence-corrected chi connectivity index (χ2v) is 3.48. The minimum absolute atomic E-state index is 0.0162. The Hall–Kier alpha value is -0.660. The van der Waals surface area contributed by atoms with Crippen molar-refractivity contribution in [2.75, 3.05) is 0 Å². The minimum Gasteiger partial charge on any atom is -0.303 e. The van der Waals surface area contributed by atoms with Crippen molar-refractivity contribution >= 4 is 12.1 Å². The van der Waals surface area contributed by atoms with Gasteiger partial charge in [0.1, 0.15) is 12.1 Å². The zero-order chi connectivity index (χ0) is 8.43. The molecule has 1 aliphatic rings. The molecule has 0 saturated heterocycles. The van der Waals surface area contributed by atoms with Gasteiger partial charge in [-0.15, -0.1) is 0 Å². The Morgan fingerprint density at radius 1 is 1.55 bits per heavy atom. The molecule has 62 valence electrons. The lowest BCUT2D eigenvalue weighted by molar-refractivity contribution is -0.127. The maximum absolute atomic E-state index is 11.3. The van der Waals surface area contributed by atoms with Crippen LogP contribution in [0.25, 0.3) is 0 Å². The normalized spacial score (nSPS) is 33.8. The van der Waals surface area contributed by atoms with E-state index in [0.29, 0.717) is 0 Å². The average molecular weight is 154 g/mol. The molecule has 0 amide bonds. The van der Waals surface area contributed by atoms with Crippen LogP contribution in [0.2, 0.25) is 0 Å². The van der Waals surface area contributed by atoms with Crippen LogP contribution in [0, 0.1) is 17.8 Å². The fourth-order valence-electron chi connectivity index (χ4n) is 1.70. The van der Waals surface area contributed by atoms with Gasteiger partial charge in [0.15, 0.2) is 0 Å². The van der Waals surface area contributed by atoms with E-state index in [2.05, 4.69) is 0 Å². The zero-order valence-electron chi connectivity index (χ0n) is 7.04.